The van der Waals surface area contributed by atoms with Crippen LogP contribution in [0.1, 0.15) is 31.9 Å². The van der Waals surface area contributed by atoms with Gasteiger partial charge < -0.3 is 15.4 Å². The van der Waals surface area contributed by atoms with E-state index in [4.69, 9.17) is 4.74 Å². The van der Waals surface area contributed by atoms with Gasteiger partial charge in [0.2, 0.25) is 0 Å². The Labute approximate surface area is 116 Å². The Morgan fingerprint density at radius 3 is 2.26 bits per heavy atom. The molecule has 0 atom stereocenters. The number of benzene rings is 1. The molecule has 2 N–H and O–H groups in total. The van der Waals surface area contributed by atoms with Crippen LogP contribution in [0.2, 0.25) is 0 Å². The van der Waals surface area contributed by atoms with E-state index >= 15 is 0 Å². The lowest BCUT2D eigenvalue weighted by atomic mass is 10.1. The van der Waals surface area contributed by atoms with Crippen molar-refractivity contribution in [2.75, 3.05) is 19.7 Å². The average molecular weight is 263 g/mol. The van der Waals surface area contributed by atoms with E-state index in [2.05, 4.69) is 41.6 Å². The highest BCUT2D eigenvalue weighted by Gasteiger charge is 2.02. The third kappa shape index (κ3) is 5.75. The fourth-order valence-corrected chi connectivity index (χ4v) is 1.74. The van der Waals surface area contributed by atoms with Gasteiger partial charge in [0, 0.05) is 19.7 Å². The molecule has 19 heavy (non-hydrogen) atoms. The highest BCUT2D eigenvalue weighted by Crippen LogP contribution is 2.11. The van der Waals surface area contributed by atoms with E-state index in [0.29, 0.717) is 13.2 Å². The number of hydrogen-bond donors (Lipinski definition) is 2. The van der Waals surface area contributed by atoms with Crippen LogP contribution in [-0.2, 0) is 17.9 Å². The topological polar surface area (TPSA) is 45.7 Å². The number of aliphatic imine (C=N–C) groups is 1. The fourth-order valence-electron chi connectivity index (χ4n) is 1.74. The predicted octanol–water partition coefficient (Wildman–Crippen LogP) is 2.30. The Balaban J connectivity index is 2.71. The summed E-state index contributed by atoms with van der Waals surface area (Å²) in [6.07, 6.45) is 0. The molecule has 0 amide bonds. The molecule has 0 saturated carbocycles. The summed E-state index contributed by atoms with van der Waals surface area (Å²) in [5.74, 6) is 0.858. The zero-order valence-corrected chi connectivity index (χ0v) is 12.2. The summed E-state index contributed by atoms with van der Waals surface area (Å²) in [6, 6.07) is 8.28. The van der Waals surface area contributed by atoms with Gasteiger partial charge in [0.05, 0.1) is 13.2 Å². The van der Waals surface area contributed by atoms with Gasteiger partial charge in [0.1, 0.15) is 0 Å². The molecule has 0 aliphatic heterocycles. The second-order valence-corrected chi connectivity index (χ2v) is 4.13. The summed E-state index contributed by atoms with van der Waals surface area (Å²) in [5.41, 5.74) is 2.42. The normalized spacial score (nSPS) is 10.1. The second-order valence-electron chi connectivity index (χ2n) is 4.13. The molecule has 0 radical (unpaired) electrons. The first kappa shape index (κ1) is 15.5. The molecule has 1 aromatic rings. The van der Waals surface area contributed by atoms with Gasteiger partial charge in [0.15, 0.2) is 5.96 Å². The summed E-state index contributed by atoms with van der Waals surface area (Å²) in [6.45, 7) is 9.93. The second kappa shape index (κ2) is 9.39. The number of guanidine groups is 1. The van der Waals surface area contributed by atoms with Crippen molar-refractivity contribution in [1.29, 1.82) is 0 Å². The monoisotopic (exact) mass is 263 g/mol. The van der Waals surface area contributed by atoms with Gasteiger partial charge in [-0.1, -0.05) is 24.3 Å². The molecule has 0 fully saturated rings. The van der Waals surface area contributed by atoms with E-state index in [9.17, 15) is 0 Å². The summed E-state index contributed by atoms with van der Waals surface area (Å²) < 4.78 is 5.48. The molecule has 0 unspecified atom stereocenters. The Hall–Kier alpha value is -1.55. The minimum atomic E-state index is 0.653. The van der Waals surface area contributed by atoms with Crippen LogP contribution >= 0.6 is 0 Å². The molecule has 0 bridgehead atoms. The third-order valence-electron chi connectivity index (χ3n) is 2.68. The average Bonchev–Trinajstić information content (AvgIpc) is 2.44. The van der Waals surface area contributed by atoms with E-state index in [1.807, 2.05) is 19.1 Å². The first-order valence-electron chi connectivity index (χ1n) is 6.98. The molecular weight excluding hydrogens is 238 g/mol. The molecule has 0 saturated heterocycles. The van der Waals surface area contributed by atoms with E-state index in [1.165, 1.54) is 11.1 Å². The van der Waals surface area contributed by atoms with Crippen molar-refractivity contribution in [3.8, 4) is 0 Å². The summed E-state index contributed by atoms with van der Waals surface area (Å²) >= 11 is 0. The lowest BCUT2D eigenvalue weighted by molar-refractivity contribution is 0.133. The maximum absolute atomic E-state index is 5.48. The lowest BCUT2D eigenvalue weighted by Crippen LogP contribution is -2.37. The van der Waals surface area contributed by atoms with Crippen molar-refractivity contribution >= 4 is 5.96 Å². The standard InChI is InChI=1S/C15H25N3O/c1-4-16-15(17-5-2)18-11-13-9-7-8-10-14(13)12-19-6-3/h7-10H,4-6,11-12H2,1-3H3,(H2,16,17,18). The Bertz CT molecular complexity index is 383. The maximum atomic E-state index is 5.48. The van der Waals surface area contributed by atoms with Crippen LogP contribution in [0.4, 0.5) is 0 Å². The first-order chi connectivity index (χ1) is 9.31. The fraction of sp³-hybridized carbons (Fsp3) is 0.533. The quantitative estimate of drug-likeness (QED) is 0.586. The van der Waals surface area contributed by atoms with E-state index in [-0.39, 0.29) is 0 Å². The molecule has 1 rings (SSSR count). The van der Waals surface area contributed by atoms with Gasteiger partial charge in [-0.3, -0.25) is 0 Å². The molecule has 1 aromatic carbocycles. The molecule has 0 aliphatic carbocycles. The SMILES string of the molecule is CCNC(=NCc1ccccc1COCC)NCC. The van der Waals surface area contributed by atoms with Crippen molar-refractivity contribution in [1.82, 2.24) is 10.6 Å². The third-order valence-corrected chi connectivity index (χ3v) is 2.68. The summed E-state index contributed by atoms with van der Waals surface area (Å²) in [5, 5.41) is 6.45. The molecular formula is C15H25N3O. The minimum absolute atomic E-state index is 0.653. The van der Waals surface area contributed by atoms with Crippen molar-refractivity contribution in [3.05, 3.63) is 35.4 Å². The number of nitrogens with one attached hydrogen (secondary N) is 2. The molecule has 4 heteroatoms. The van der Waals surface area contributed by atoms with Crippen LogP contribution in [0, 0.1) is 0 Å². The molecule has 0 heterocycles. The van der Waals surface area contributed by atoms with Crippen molar-refractivity contribution < 1.29 is 4.74 Å². The highest BCUT2D eigenvalue weighted by molar-refractivity contribution is 5.79. The number of hydrogen-bond acceptors (Lipinski definition) is 2. The summed E-state index contributed by atoms with van der Waals surface area (Å²) in [7, 11) is 0. The van der Waals surface area contributed by atoms with Crippen LogP contribution in [-0.4, -0.2) is 25.7 Å². The van der Waals surface area contributed by atoms with E-state index in [1.54, 1.807) is 0 Å². The van der Waals surface area contributed by atoms with Crippen LogP contribution in [0.3, 0.4) is 0 Å². The number of nitrogens with zero attached hydrogens (tertiary/aromatic N) is 1. The van der Waals surface area contributed by atoms with Crippen molar-refractivity contribution in [3.63, 3.8) is 0 Å². The van der Waals surface area contributed by atoms with Crippen molar-refractivity contribution in [2.45, 2.75) is 33.9 Å². The van der Waals surface area contributed by atoms with Gasteiger partial charge in [-0.15, -0.1) is 0 Å². The zero-order chi connectivity index (χ0) is 13.9. The van der Waals surface area contributed by atoms with Gasteiger partial charge in [-0.25, -0.2) is 4.99 Å². The smallest absolute Gasteiger partial charge is 0.191 e. The van der Waals surface area contributed by atoms with Crippen molar-refractivity contribution in [2.24, 2.45) is 4.99 Å². The van der Waals surface area contributed by atoms with Gasteiger partial charge in [-0.2, -0.15) is 0 Å². The molecule has 4 nitrogen and oxygen atoms in total. The molecule has 106 valence electrons. The predicted molar refractivity (Wildman–Crippen MR) is 80.3 cm³/mol. The molecule has 0 spiro atoms. The lowest BCUT2D eigenvalue weighted by Gasteiger charge is -2.11. The van der Waals surface area contributed by atoms with Crippen LogP contribution in [0.25, 0.3) is 0 Å². The van der Waals surface area contributed by atoms with Gasteiger partial charge in [-0.05, 0) is 31.9 Å². The minimum Gasteiger partial charge on any atom is -0.377 e. The Morgan fingerprint density at radius 1 is 1.05 bits per heavy atom. The highest BCUT2D eigenvalue weighted by atomic mass is 16.5. The molecule has 0 aromatic heterocycles. The zero-order valence-electron chi connectivity index (χ0n) is 12.2. The Morgan fingerprint density at radius 2 is 1.68 bits per heavy atom. The van der Waals surface area contributed by atoms with Crippen LogP contribution in [0.5, 0.6) is 0 Å². The van der Waals surface area contributed by atoms with E-state index in [0.717, 1.165) is 25.7 Å². The largest absolute Gasteiger partial charge is 0.377 e. The number of rotatable bonds is 7. The van der Waals surface area contributed by atoms with Gasteiger partial charge >= 0.3 is 0 Å². The molecule has 0 aliphatic rings. The first-order valence-corrected chi connectivity index (χ1v) is 6.98. The van der Waals surface area contributed by atoms with Crippen LogP contribution in [0.15, 0.2) is 29.3 Å². The Kier molecular flexibility index (Phi) is 7.66. The van der Waals surface area contributed by atoms with Gasteiger partial charge in [0.25, 0.3) is 0 Å². The van der Waals surface area contributed by atoms with E-state index < -0.39 is 0 Å². The summed E-state index contributed by atoms with van der Waals surface area (Å²) in [4.78, 5) is 4.58. The number of ether oxygens (including phenoxy) is 1. The maximum Gasteiger partial charge on any atom is 0.191 e. The van der Waals surface area contributed by atoms with Crippen LogP contribution < -0.4 is 10.6 Å².